The van der Waals surface area contributed by atoms with Crippen molar-refractivity contribution in [2.24, 2.45) is 17.3 Å². The maximum absolute atomic E-state index is 14.7. The van der Waals surface area contributed by atoms with Crippen molar-refractivity contribution in [1.29, 1.82) is 0 Å². The number of hydrazine groups is 1. The number of likely N-dealkylation sites (tertiary alicyclic amines) is 1. The second-order valence-corrected chi connectivity index (χ2v) is 19.4. The fraction of sp³-hybridized carbons (Fsp3) is 0.540. The van der Waals surface area contributed by atoms with Gasteiger partial charge in [0.1, 0.15) is 23.9 Å². The topological polar surface area (TPSA) is 159 Å². The molecule has 3 N–H and O–H groups in total. The van der Waals surface area contributed by atoms with E-state index in [2.05, 4.69) is 71.9 Å². The van der Waals surface area contributed by atoms with E-state index in [0.717, 1.165) is 57.4 Å². The van der Waals surface area contributed by atoms with Gasteiger partial charge in [0.25, 0.3) is 5.91 Å². The molecule has 0 radical (unpaired) electrons. The van der Waals surface area contributed by atoms with Crippen LogP contribution in [0.25, 0.3) is 33.3 Å². The highest BCUT2D eigenvalue weighted by molar-refractivity contribution is 5.96. The monoisotopic (exact) mass is 878 g/mol. The number of pyridine rings is 1. The Bertz CT molecular complexity index is 2370. The Balaban J connectivity index is 1.31. The number of carbonyl (C=O) groups excluding carboxylic acids is 4. The number of aryl methyl sites for hydroxylation is 1. The number of nitrogens with one attached hydrogen (secondary N) is 2. The number of phenols is 1. The Morgan fingerprint density at radius 1 is 1.06 bits per heavy atom. The first kappa shape index (κ1) is 46.7. The molecule has 0 saturated carbocycles. The number of aromatic nitrogens is 2. The number of nitrogens with zero attached hydrogens (tertiary/aromatic N) is 5. The van der Waals surface area contributed by atoms with E-state index < -0.39 is 41.3 Å². The molecule has 2 saturated heterocycles. The minimum Gasteiger partial charge on any atom is -0.508 e. The average molecular weight is 878 g/mol. The predicted octanol–water partition coefficient (Wildman–Crippen LogP) is 6.10. The van der Waals surface area contributed by atoms with Crippen LogP contribution in [0, 0.1) is 17.3 Å². The lowest BCUT2D eigenvalue weighted by atomic mass is 9.84. The van der Waals surface area contributed by atoms with Crippen LogP contribution in [0.3, 0.4) is 0 Å². The summed E-state index contributed by atoms with van der Waals surface area (Å²) in [6.45, 7) is 17.3. The summed E-state index contributed by atoms with van der Waals surface area (Å²) in [7, 11) is 3.36. The zero-order valence-corrected chi connectivity index (χ0v) is 39.1. The van der Waals surface area contributed by atoms with Crippen LogP contribution in [0.5, 0.6) is 5.75 Å². The van der Waals surface area contributed by atoms with Crippen molar-refractivity contribution in [3.8, 4) is 28.1 Å². The van der Waals surface area contributed by atoms with Crippen LogP contribution >= 0.6 is 0 Å². The maximum Gasteiger partial charge on any atom is 0.324 e. The highest BCUT2D eigenvalue weighted by atomic mass is 16.5. The third-order valence-corrected chi connectivity index (χ3v) is 13.3. The van der Waals surface area contributed by atoms with Crippen LogP contribution in [-0.2, 0) is 54.6 Å². The number of amides is 3. The summed E-state index contributed by atoms with van der Waals surface area (Å²) in [5.41, 5.74) is 9.95. The summed E-state index contributed by atoms with van der Waals surface area (Å²) in [5.74, 6) is -1.90. The number of likely N-dealkylation sites (N-methyl/N-ethyl adjacent to an activating group) is 1. The number of rotatable bonds is 10. The first-order valence-electron chi connectivity index (χ1n) is 23.0. The Morgan fingerprint density at radius 3 is 2.55 bits per heavy atom. The van der Waals surface area contributed by atoms with Gasteiger partial charge in [0, 0.05) is 80.5 Å². The molecule has 2 aromatic carbocycles. The molecule has 3 amide bonds. The predicted molar refractivity (Wildman–Crippen MR) is 247 cm³/mol. The molecule has 2 fully saturated rings. The van der Waals surface area contributed by atoms with E-state index in [9.17, 15) is 24.3 Å². The summed E-state index contributed by atoms with van der Waals surface area (Å²) >= 11 is 0. The van der Waals surface area contributed by atoms with E-state index in [1.807, 2.05) is 38.2 Å². The molecule has 14 heteroatoms. The third kappa shape index (κ3) is 9.84. The smallest absolute Gasteiger partial charge is 0.324 e. The lowest BCUT2D eigenvalue weighted by Gasteiger charge is -2.37. The van der Waals surface area contributed by atoms with Crippen molar-refractivity contribution in [2.45, 2.75) is 118 Å². The number of esters is 1. The number of carbonyl (C=O) groups is 4. The van der Waals surface area contributed by atoms with Crippen LogP contribution in [0.1, 0.15) is 84.4 Å². The van der Waals surface area contributed by atoms with Gasteiger partial charge in [-0.15, -0.1) is 0 Å². The Hall–Kier alpha value is -5.31. The average Bonchev–Trinajstić information content (AvgIpc) is 3.88. The molecule has 3 aliphatic rings. The molecular formula is C50H67N7O7. The minimum absolute atomic E-state index is 0.0172. The van der Waals surface area contributed by atoms with Gasteiger partial charge in [-0.05, 0) is 117 Å². The molecule has 4 aromatic rings. The highest BCUT2D eigenvalue weighted by Gasteiger charge is 2.40. The molecule has 14 nitrogen and oxygen atoms in total. The largest absolute Gasteiger partial charge is 0.508 e. The van der Waals surface area contributed by atoms with Gasteiger partial charge in [0.05, 0.1) is 24.8 Å². The van der Waals surface area contributed by atoms with Crippen LogP contribution in [0.15, 0.2) is 54.9 Å². The van der Waals surface area contributed by atoms with Crippen LogP contribution in [0.4, 0.5) is 0 Å². The number of fused-ring (bicyclic) bond motifs is 6. The van der Waals surface area contributed by atoms with Gasteiger partial charge < -0.3 is 34.3 Å². The first-order chi connectivity index (χ1) is 30.5. The lowest BCUT2D eigenvalue weighted by molar-refractivity contribution is -0.155. The van der Waals surface area contributed by atoms with Gasteiger partial charge in [-0.3, -0.25) is 29.2 Å². The number of methoxy groups -OCH3 is 1. The van der Waals surface area contributed by atoms with Gasteiger partial charge in [-0.2, -0.15) is 0 Å². The molecule has 3 aliphatic heterocycles. The molecular weight excluding hydrogens is 811 g/mol. The number of ether oxygens (including phenoxy) is 2. The normalized spacial score (nSPS) is 21.2. The summed E-state index contributed by atoms with van der Waals surface area (Å²) in [6, 6.07) is 11.1. The van der Waals surface area contributed by atoms with E-state index in [0.29, 0.717) is 57.1 Å². The maximum atomic E-state index is 14.7. The molecule has 64 heavy (non-hydrogen) atoms. The number of phenolic OH excluding ortho intramolecular Hbond substituents is 1. The zero-order valence-electron chi connectivity index (χ0n) is 39.1. The molecule has 0 spiro atoms. The number of benzene rings is 2. The van der Waals surface area contributed by atoms with E-state index in [1.165, 1.54) is 5.01 Å². The van der Waals surface area contributed by atoms with Crippen LogP contribution in [0.2, 0.25) is 0 Å². The van der Waals surface area contributed by atoms with Crippen LogP contribution < -0.4 is 10.7 Å². The Labute approximate surface area is 377 Å². The summed E-state index contributed by atoms with van der Waals surface area (Å²) in [4.78, 5) is 65.4. The number of cyclic esters (lactones) is 1. The van der Waals surface area contributed by atoms with Gasteiger partial charge >= 0.3 is 5.97 Å². The van der Waals surface area contributed by atoms with Gasteiger partial charge in [0.15, 0.2) is 0 Å². The zero-order chi connectivity index (χ0) is 46.0. The first-order valence-corrected chi connectivity index (χ1v) is 23.0. The highest BCUT2D eigenvalue weighted by Crippen LogP contribution is 2.41. The van der Waals surface area contributed by atoms with Crippen molar-refractivity contribution >= 4 is 34.6 Å². The lowest BCUT2D eigenvalue weighted by Crippen LogP contribution is -2.62. The van der Waals surface area contributed by atoms with Gasteiger partial charge in [-0.1, -0.05) is 39.8 Å². The molecule has 6 bridgehead atoms. The number of aromatic hydroxyl groups is 1. The molecule has 7 rings (SSSR count). The van der Waals surface area contributed by atoms with Crippen molar-refractivity contribution in [2.75, 3.05) is 40.4 Å². The molecule has 1 unspecified atom stereocenters. The summed E-state index contributed by atoms with van der Waals surface area (Å²) in [6.07, 6.45) is 5.98. The second-order valence-electron chi connectivity index (χ2n) is 19.4. The SMILES string of the molecule is CCn1c(-c2cnccc2COC)c2c3cc(ccc31)-c1cc(O)cc(c1)C[C@H](NC(=O)C(C(C)C)N(C)C(=O)[C@H]1CCN(C(C)C)C1)C(=O)N1CCC[C@H](N1)C(=O)OCC(C)(C)C2. The van der Waals surface area contributed by atoms with E-state index >= 15 is 0 Å². The van der Waals surface area contributed by atoms with Crippen molar-refractivity contribution in [3.05, 3.63) is 71.5 Å². The number of hydrogen-bond acceptors (Lipinski definition) is 10. The fourth-order valence-electron chi connectivity index (χ4n) is 10.00. The summed E-state index contributed by atoms with van der Waals surface area (Å²) in [5, 5.41) is 16.8. The van der Waals surface area contributed by atoms with E-state index in [-0.39, 0.29) is 36.5 Å². The molecule has 5 heterocycles. The van der Waals surface area contributed by atoms with Crippen LogP contribution in [-0.4, -0.2) is 118 Å². The molecule has 2 aromatic heterocycles. The van der Waals surface area contributed by atoms with Crippen molar-refractivity contribution < 1.29 is 33.8 Å². The fourth-order valence-corrected chi connectivity index (χ4v) is 10.00. The summed E-state index contributed by atoms with van der Waals surface area (Å²) < 4.78 is 14.0. The van der Waals surface area contributed by atoms with Gasteiger partial charge in [-0.25, -0.2) is 5.43 Å². The molecule has 4 atom stereocenters. The molecule has 0 aliphatic carbocycles. The number of hydrogen-bond donors (Lipinski definition) is 3. The quantitative estimate of drug-likeness (QED) is 0.159. The van der Waals surface area contributed by atoms with E-state index in [1.54, 1.807) is 37.4 Å². The van der Waals surface area contributed by atoms with Crippen molar-refractivity contribution in [3.63, 3.8) is 0 Å². The van der Waals surface area contributed by atoms with Crippen molar-refractivity contribution in [1.82, 2.24) is 35.1 Å². The Morgan fingerprint density at radius 2 is 1.84 bits per heavy atom. The van der Waals surface area contributed by atoms with Gasteiger partial charge in [0.2, 0.25) is 11.8 Å². The third-order valence-electron chi connectivity index (χ3n) is 13.3. The van der Waals surface area contributed by atoms with E-state index in [4.69, 9.17) is 9.47 Å². The second kappa shape index (κ2) is 19.4. The standard InChI is InChI=1S/C50H67N7O7/c1-10-56-43-14-13-33-24-38(43)39(45(56)40-26-51-17-15-35(40)28-63-9)25-50(6,7)29-64-49(62)41-12-11-18-57(53-41)48(61)42(22-32-20-36(33)23-37(58)21-32)52-46(59)44(30(2)3)54(8)47(60)34-16-19-55(27-34)31(4)5/h13-15,17,20-21,23-24,26,30-31,34,41-42,44,53,58H,10-12,16,18-19,22,25,27-29H2,1-9H3,(H,52,59)/t34-,41-,42-,44?/m0/s1. The minimum atomic E-state index is -1.11. The Kier molecular flexibility index (Phi) is 14.2. The molecule has 344 valence electrons.